The summed E-state index contributed by atoms with van der Waals surface area (Å²) >= 11 is 6.25. The molecule has 15 nitrogen and oxygen atoms in total. The predicted octanol–water partition coefficient (Wildman–Crippen LogP) is 8.39. The number of H-pyrrole nitrogens is 1. The first-order chi connectivity index (χ1) is 31.2. The van der Waals surface area contributed by atoms with Gasteiger partial charge in [-0.05, 0) is 97.9 Å². The number of allylic oxidation sites excluding steroid dienone is 1. The minimum Gasteiger partial charge on any atom is -0.492 e. The number of nitrogens with zero attached hydrogens (tertiary/aromatic N) is 5. The average Bonchev–Trinajstić information content (AvgIpc) is 3.77. The summed E-state index contributed by atoms with van der Waals surface area (Å²) in [6.07, 6.45) is 9.28. The number of fused-ring (bicyclic) bond motifs is 2. The Morgan fingerprint density at radius 1 is 1.00 bits per heavy atom. The first kappa shape index (κ1) is 44.2. The van der Waals surface area contributed by atoms with E-state index < -0.39 is 37.4 Å². The Bertz CT molecular complexity index is 2800. The molecule has 1 aliphatic carbocycles. The Morgan fingerprint density at radius 2 is 1.77 bits per heavy atom. The highest BCUT2D eigenvalue weighted by Crippen LogP contribution is 2.44. The number of anilines is 1. The van der Waals surface area contributed by atoms with Gasteiger partial charge in [0.2, 0.25) is 5.91 Å². The Hall–Kier alpha value is -5.97. The number of rotatable bonds is 11. The SMILES string of the molecule is CC1(C)CCC(CN2CCN(c3ccc(C(=O)NS(=O)(=O)c4cc5c(c([N+](=O)[O-])c4)C[C@@H](C(=O)N4CCCCC4)CO5)c(Oc4cnc5[nH]ccc5c4)c3)CC2)=C(c2ccc(Cl)cc2)C1. The second-order valence-electron chi connectivity index (χ2n) is 18.3. The van der Waals surface area contributed by atoms with E-state index in [1.54, 1.807) is 29.3 Å². The van der Waals surface area contributed by atoms with Crippen LogP contribution in [-0.4, -0.2) is 97.3 Å². The maximum atomic E-state index is 14.1. The molecule has 3 aromatic carbocycles. The molecule has 2 N–H and O–H groups in total. The number of halogens is 1. The summed E-state index contributed by atoms with van der Waals surface area (Å²) in [6.45, 7) is 9.74. The minimum atomic E-state index is -4.69. The van der Waals surface area contributed by atoms with Crippen molar-refractivity contribution in [1.29, 1.82) is 0 Å². The molecule has 0 saturated carbocycles. The van der Waals surface area contributed by atoms with Crippen LogP contribution in [0.5, 0.6) is 17.2 Å². The van der Waals surface area contributed by atoms with Gasteiger partial charge >= 0.3 is 0 Å². The van der Waals surface area contributed by atoms with Crippen molar-refractivity contribution in [2.24, 2.45) is 11.3 Å². The van der Waals surface area contributed by atoms with Crippen molar-refractivity contribution in [3.05, 3.63) is 117 Å². The molecule has 2 fully saturated rings. The molecule has 9 rings (SSSR count). The Labute approximate surface area is 382 Å². The van der Waals surface area contributed by atoms with Crippen LogP contribution in [0.15, 0.2) is 89.6 Å². The molecule has 2 amide bonds. The zero-order valence-electron chi connectivity index (χ0n) is 36.5. The number of benzene rings is 3. The second kappa shape index (κ2) is 18.1. The fraction of sp³-hybridized carbons (Fsp3) is 0.396. The second-order valence-corrected chi connectivity index (χ2v) is 20.4. The van der Waals surface area contributed by atoms with Gasteiger partial charge in [0, 0.05) is 86.3 Å². The molecular weight excluding hydrogens is 870 g/mol. The van der Waals surface area contributed by atoms with Gasteiger partial charge in [-0.25, -0.2) is 18.1 Å². The number of likely N-dealkylation sites (tertiary alicyclic amines) is 1. The number of aromatic nitrogens is 2. The summed E-state index contributed by atoms with van der Waals surface area (Å²) in [5, 5.41) is 13.9. The molecule has 0 bridgehead atoms. The lowest BCUT2D eigenvalue weighted by atomic mass is 9.72. The molecule has 2 aromatic heterocycles. The van der Waals surface area contributed by atoms with Crippen LogP contribution >= 0.6 is 11.6 Å². The first-order valence-corrected chi connectivity index (χ1v) is 24.0. The standard InChI is InChI=1S/C48H52ClN7O8S/c1-48(2)14-12-33(41(27-48)31-6-8-35(49)9-7-31)29-53-18-20-54(21-19-53)36-10-11-39(44(24-36)64-37-22-32-13-15-50-45(32)51-28-37)46(57)52-65(61,62)38-25-42(56(59)60)40-23-34(30-63-43(40)26-38)47(58)55-16-4-3-5-17-55/h6-11,13,15,22,24-26,28,34H,3-5,12,14,16-21,23,27,29-30H2,1-2H3,(H,50,51)(H,52,57)/t34-/m1/s1. The van der Waals surface area contributed by atoms with Crippen LogP contribution in [0.1, 0.15) is 73.9 Å². The fourth-order valence-electron chi connectivity index (χ4n) is 9.50. The van der Waals surface area contributed by atoms with Crippen LogP contribution in [0, 0.1) is 21.4 Å². The third kappa shape index (κ3) is 9.70. The summed E-state index contributed by atoms with van der Waals surface area (Å²) in [4.78, 5) is 52.4. The number of hydrogen-bond donors (Lipinski definition) is 2. The number of amides is 2. The predicted molar refractivity (Wildman–Crippen MR) is 248 cm³/mol. The van der Waals surface area contributed by atoms with E-state index in [-0.39, 0.29) is 47.0 Å². The molecule has 17 heteroatoms. The van der Waals surface area contributed by atoms with Gasteiger partial charge in [0.05, 0.1) is 33.1 Å². The number of carbonyl (C=O) groups is 2. The smallest absolute Gasteiger partial charge is 0.277 e. The Morgan fingerprint density at radius 3 is 2.52 bits per heavy atom. The van der Waals surface area contributed by atoms with Crippen LogP contribution in [0.2, 0.25) is 5.02 Å². The number of aromatic amines is 1. The van der Waals surface area contributed by atoms with E-state index in [0.29, 0.717) is 37.6 Å². The number of piperazine rings is 1. The number of nitro groups is 1. The maximum Gasteiger partial charge on any atom is 0.277 e. The van der Waals surface area contributed by atoms with Crippen LogP contribution in [-0.2, 0) is 21.2 Å². The Balaban J connectivity index is 0.943. The normalized spacial score (nSPS) is 19.1. The lowest BCUT2D eigenvalue weighted by Gasteiger charge is -2.39. The van der Waals surface area contributed by atoms with Crippen molar-refractivity contribution in [3.8, 4) is 17.2 Å². The molecular formula is C48H52ClN7O8S. The van der Waals surface area contributed by atoms with E-state index in [2.05, 4.69) is 50.5 Å². The highest BCUT2D eigenvalue weighted by molar-refractivity contribution is 7.90. The van der Waals surface area contributed by atoms with Crippen molar-refractivity contribution >= 4 is 61.4 Å². The van der Waals surface area contributed by atoms with E-state index in [0.717, 1.165) is 80.3 Å². The number of sulfonamides is 1. The number of piperidine rings is 1. The van der Waals surface area contributed by atoms with Crippen LogP contribution < -0.4 is 19.1 Å². The third-order valence-electron chi connectivity index (χ3n) is 13.1. The molecule has 5 heterocycles. The lowest BCUT2D eigenvalue weighted by molar-refractivity contribution is -0.386. The molecule has 0 spiro atoms. The molecule has 2 saturated heterocycles. The highest BCUT2D eigenvalue weighted by atomic mass is 35.5. The van der Waals surface area contributed by atoms with Crippen molar-refractivity contribution in [2.45, 2.75) is 63.7 Å². The number of pyridine rings is 1. The Kier molecular flexibility index (Phi) is 12.3. The monoisotopic (exact) mass is 921 g/mol. The zero-order chi connectivity index (χ0) is 45.5. The summed E-state index contributed by atoms with van der Waals surface area (Å²) in [6, 6.07) is 18.8. The van der Waals surface area contributed by atoms with Crippen LogP contribution in [0.25, 0.3) is 16.6 Å². The minimum absolute atomic E-state index is 0.0164. The number of ether oxygens (including phenoxy) is 2. The van der Waals surface area contributed by atoms with E-state index in [1.807, 2.05) is 18.2 Å². The molecule has 4 aliphatic rings. The van der Waals surface area contributed by atoms with Gasteiger partial charge in [-0.15, -0.1) is 0 Å². The molecule has 340 valence electrons. The van der Waals surface area contributed by atoms with E-state index >= 15 is 0 Å². The quantitative estimate of drug-likeness (QED) is 0.0960. The van der Waals surface area contributed by atoms with Gasteiger partial charge in [0.15, 0.2) is 0 Å². The van der Waals surface area contributed by atoms with Gasteiger partial charge in [-0.2, -0.15) is 0 Å². The van der Waals surface area contributed by atoms with Crippen molar-refractivity contribution in [3.63, 3.8) is 0 Å². The number of nitro benzene ring substituents is 1. The van der Waals surface area contributed by atoms with Gasteiger partial charge in [0.1, 0.15) is 29.5 Å². The zero-order valence-corrected chi connectivity index (χ0v) is 38.1. The lowest BCUT2D eigenvalue weighted by Crippen LogP contribution is -2.47. The summed E-state index contributed by atoms with van der Waals surface area (Å²) in [5.74, 6) is -1.36. The highest BCUT2D eigenvalue weighted by Gasteiger charge is 2.37. The molecule has 5 aromatic rings. The van der Waals surface area contributed by atoms with E-state index in [9.17, 15) is 28.1 Å². The van der Waals surface area contributed by atoms with Crippen LogP contribution in [0.3, 0.4) is 0 Å². The first-order valence-electron chi connectivity index (χ1n) is 22.2. The van der Waals surface area contributed by atoms with Crippen LogP contribution in [0.4, 0.5) is 11.4 Å². The maximum absolute atomic E-state index is 14.1. The van der Waals surface area contributed by atoms with Crippen molar-refractivity contribution < 1.29 is 32.4 Å². The molecule has 0 unspecified atom stereocenters. The largest absolute Gasteiger partial charge is 0.492 e. The van der Waals surface area contributed by atoms with E-state index in [4.69, 9.17) is 21.1 Å². The van der Waals surface area contributed by atoms with E-state index in [1.165, 1.54) is 35.0 Å². The number of carbonyl (C=O) groups excluding carboxylic acids is 2. The van der Waals surface area contributed by atoms with Gasteiger partial charge in [-0.1, -0.05) is 43.2 Å². The summed E-state index contributed by atoms with van der Waals surface area (Å²) in [7, 11) is -4.69. The van der Waals surface area contributed by atoms with Gasteiger partial charge in [-0.3, -0.25) is 24.6 Å². The molecule has 0 radical (unpaired) electrons. The van der Waals surface area contributed by atoms with Gasteiger partial charge < -0.3 is 24.3 Å². The van der Waals surface area contributed by atoms with Gasteiger partial charge in [0.25, 0.3) is 21.6 Å². The molecule has 3 aliphatic heterocycles. The molecule has 1 atom stereocenters. The summed E-state index contributed by atoms with van der Waals surface area (Å²) in [5.41, 5.74) is 5.29. The molecule has 65 heavy (non-hydrogen) atoms. The summed E-state index contributed by atoms with van der Waals surface area (Å²) < 4.78 is 42.2. The fourth-order valence-corrected chi connectivity index (χ4v) is 10.6. The van der Waals surface area contributed by atoms with Crippen molar-refractivity contribution in [2.75, 3.05) is 57.3 Å². The number of hydrogen-bond acceptors (Lipinski definition) is 11. The van der Waals surface area contributed by atoms with Crippen molar-refractivity contribution in [1.82, 2.24) is 24.5 Å². The average molecular weight is 923 g/mol. The third-order valence-corrected chi connectivity index (χ3v) is 14.7. The topological polar surface area (TPSA) is 180 Å². The number of nitrogens with one attached hydrogen (secondary N) is 2.